The van der Waals surface area contributed by atoms with Crippen LogP contribution in [-0.4, -0.2) is 26.2 Å². The van der Waals surface area contributed by atoms with E-state index >= 15 is 0 Å². The standard InChI is InChI=1S/C13H10N4OS2/c18-11-6-5-8-3-1-2-4-9(8)10(11)7-14-17-12(19)15-16-13(17)20/h1-7,18H,(H,15,19)(H,16,20)/b14-7+. The highest BCUT2D eigenvalue weighted by Crippen LogP contribution is 2.25. The number of H-pyrrole nitrogens is 2. The molecule has 0 amide bonds. The largest absolute Gasteiger partial charge is 0.507 e. The summed E-state index contributed by atoms with van der Waals surface area (Å²) in [6, 6.07) is 11.2. The highest BCUT2D eigenvalue weighted by molar-refractivity contribution is 7.72. The average Bonchev–Trinajstić information content (AvgIpc) is 2.77. The molecule has 1 heterocycles. The van der Waals surface area contributed by atoms with Gasteiger partial charge in [-0.25, -0.2) is 0 Å². The highest BCUT2D eigenvalue weighted by Gasteiger charge is 2.04. The monoisotopic (exact) mass is 302 g/mol. The first kappa shape index (κ1) is 12.8. The molecule has 0 saturated heterocycles. The van der Waals surface area contributed by atoms with Gasteiger partial charge in [0.15, 0.2) is 0 Å². The lowest BCUT2D eigenvalue weighted by Gasteiger charge is -2.04. The van der Waals surface area contributed by atoms with E-state index < -0.39 is 0 Å². The van der Waals surface area contributed by atoms with Gasteiger partial charge in [-0.1, -0.05) is 30.3 Å². The van der Waals surface area contributed by atoms with Crippen molar-refractivity contribution in [3.63, 3.8) is 0 Å². The Morgan fingerprint density at radius 3 is 2.50 bits per heavy atom. The molecule has 0 atom stereocenters. The number of nitrogens with zero attached hydrogens (tertiary/aromatic N) is 2. The summed E-state index contributed by atoms with van der Waals surface area (Å²) in [6.07, 6.45) is 1.55. The molecule has 1 aromatic heterocycles. The van der Waals surface area contributed by atoms with E-state index in [1.165, 1.54) is 4.68 Å². The molecule has 20 heavy (non-hydrogen) atoms. The molecule has 0 aliphatic rings. The van der Waals surface area contributed by atoms with Crippen molar-refractivity contribution in [3.8, 4) is 5.75 Å². The third kappa shape index (κ3) is 2.17. The highest BCUT2D eigenvalue weighted by atomic mass is 32.1. The molecule has 0 bridgehead atoms. The second kappa shape index (κ2) is 5.03. The molecule has 100 valence electrons. The molecule has 3 rings (SSSR count). The first-order chi connectivity index (χ1) is 9.66. The van der Waals surface area contributed by atoms with Crippen molar-refractivity contribution in [2.75, 3.05) is 0 Å². The normalized spacial score (nSPS) is 11.4. The van der Waals surface area contributed by atoms with Crippen LogP contribution >= 0.6 is 24.4 Å². The lowest BCUT2D eigenvalue weighted by Crippen LogP contribution is -1.92. The molecule has 0 radical (unpaired) electrons. The topological polar surface area (TPSA) is 69.1 Å². The van der Waals surface area contributed by atoms with Crippen LogP contribution in [0.3, 0.4) is 0 Å². The van der Waals surface area contributed by atoms with Gasteiger partial charge in [0.25, 0.3) is 0 Å². The Kier molecular flexibility index (Phi) is 3.21. The zero-order valence-electron chi connectivity index (χ0n) is 10.2. The van der Waals surface area contributed by atoms with E-state index in [4.69, 9.17) is 24.4 Å². The number of benzene rings is 2. The number of phenolic OH excluding ortho intramolecular Hbond substituents is 1. The summed E-state index contributed by atoms with van der Waals surface area (Å²) in [5.74, 6) is 0.157. The Morgan fingerprint density at radius 1 is 1.05 bits per heavy atom. The summed E-state index contributed by atoms with van der Waals surface area (Å²) in [6.45, 7) is 0. The van der Waals surface area contributed by atoms with Crippen LogP contribution in [0.25, 0.3) is 10.8 Å². The Labute approximate surface area is 124 Å². The SMILES string of the molecule is Oc1ccc2ccccc2c1/C=N/n1c(=S)[nH][nH]c1=S. The molecule has 0 aliphatic heterocycles. The van der Waals surface area contributed by atoms with E-state index in [0.717, 1.165) is 10.8 Å². The Hall–Kier alpha value is -2.25. The van der Waals surface area contributed by atoms with Crippen LogP contribution in [0.4, 0.5) is 0 Å². The van der Waals surface area contributed by atoms with Crippen LogP contribution in [0.2, 0.25) is 0 Å². The fraction of sp³-hybridized carbons (Fsp3) is 0. The quantitative estimate of drug-likeness (QED) is 0.502. The second-order valence-corrected chi connectivity index (χ2v) is 4.91. The van der Waals surface area contributed by atoms with Crippen LogP contribution < -0.4 is 0 Å². The molecule has 2 aromatic carbocycles. The third-order valence-corrected chi connectivity index (χ3v) is 3.46. The van der Waals surface area contributed by atoms with E-state index in [1.54, 1.807) is 12.3 Å². The number of aromatic nitrogens is 3. The number of hydrogen-bond donors (Lipinski definition) is 3. The smallest absolute Gasteiger partial charge is 0.215 e. The van der Waals surface area contributed by atoms with Gasteiger partial charge in [0.1, 0.15) is 5.75 Å². The molecule has 3 aromatic rings. The zero-order chi connectivity index (χ0) is 14.1. The van der Waals surface area contributed by atoms with Gasteiger partial charge < -0.3 is 5.11 Å². The molecule has 0 aliphatic carbocycles. The number of rotatable bonds is 2. The van der Waals surface area contributed by atoms with Crippen molar-refractivity contribution in [1.29, 1.82) is 0 Å². The Bertz CT molecular complexity index is 892. The second-order valence-electron chi connectivity index (χ2n) is 4.14. The van der Waals surface area contributed by atoms with Gasteiger partial charge in [0.2, 0.25) is 9.54 Å². The minimum atomic E-state index is 0.157. The van der Waals surface area contributed by atoms with Gasteiger partial charge in [-0.3, -0.25) is 10.2 Å². The van der Waals surface area contributed by atoms with Gasteiger partial charge in [0, 0.05) is 5.56 Å². The molecule has 0 fully saturated rings. The number of aromatic hydroxyl groups is 1. The lowest BCUT2D eigenvalue weighted by molar-refractivity contribution is 0.475. The molecule has 0 spiro atoms. The van der Waals surface area contributed by atoms with Gasteiger partial charge in [-0.05, 0) is 41.3 Å². The van der Waals surface area contributed by atoms with Crippen LogP contribution in [-0.2, 0) is 0 Å². The molecule has 3 N–H and O–H groups in total. The van der Waals surface area contributed by atoms with Gasteiger partial charge in [0.05, 0.1) is 6.21 Å². The minimum Gasteiger partial charge on any atom is -0.507 e. The predicted molar refractivity (Wildman–Crippen MR) is 83.4 cm³/mol. The zero-order valence-corrected chi connectivity index (χ0v) is 11.8. The maximum Gasteiger partial charge on any atom is 0.215 e. The van der Waals surface area contributed by atoms with E-state index in [2.05, 4.69) is 15.3 Å². The fourth-order valence-corrected chi connectivity index (χ4v) is 2.38. The van der Waals surface area contributed by atoms with Crippen molar-refractivity contribution < 1.29 is 5.11 Å². The van der Waals surface area contributed by atoms with Crippen LogP contribution in [0, 0.1) is 9.54 Å². The van der Waals surface area contributed by atoms with Crippen LogP contribution in [0.5, 0.6) is 5.75 Å². The summed E-state index contributed by atoms with van der Waals surface area (Å²) in [5, 5.41) is 21.5. The molecule has 7 heteroatoms. The fourth-order valence-electron chi connectivity index (χ4n) is 1.95. The van der Waals surface area contributed by atoms with Crippen LogP contribution in [0.1, 0.15) is 5.56 Å². The Balaban J connectivity index is 2.18. The summed E-state index contributed by atoms with van der Waals surface area (Å²) in [5.41, 5.74) is 0.626. The van der Waals surface area contributed by atoms with E-state index in [0.29, 0.717) is 15.1 Å². The number of aromatic amines is 2. The lowest BCUT2D eigenvalue weighted by atomic mass is 10.0. The first-order valence-electron chi connectivity index (χ1n) is 5.81. The van der Waals surface area contributed by atoms with Crippen molar-refractivity contribution in [1.82, 2.24) is 14.9 Å². The number of nitrogens with one attached hydrogen (secondary N) is 2. The van der Waals surface area contributed by atoms with E-state index in [9.17, 15) is 5.11 Å². The predicted octanol–water partition coefficient (Wildman–Crippen LogP) is 3.34. The molecule has 0 unspecified atom stereocenters. The maximum absolute atomic E-state index is 10.0. The number of phenols is 1. The van der Waals surface area contributed by atoms with Gasteiger partial charge in [-0.2, -0.15) is 9.78 Å². The summed E-state index contributed by atoms with van der Waals surface area (Å²) >= 11 is 10.1. The van der Waals surface area contributed by atoms with Crippen molar-refractivity contribution in [3.05, 3.63) is 51.5 Å². The molecular formula is C13H10N4OS2. The van der Waals surface area contributed by atoms with Gasteiger partial charge >= 0.3 is 0 Å². The summed E-state index contributed by atoms with van der Waals surface area (Å²) in [4.78, 5) is 0. The summed E-state index contributed by atoms with van der Waals surface area (Å²) < 4.78 is 2.11. The maximum atomic E-state index is 10.0. The first-order valence-corrected chi connectivity index (χ1v) is 6.63. The van der Waals surface area contributed by atoms with Crippen molar-refractivity contribution in [2.45, 2.75) is 0 Å². The molecule has 5 nitrogen and oxygen atoms in total. The van der Waals surface area contributed by atoms with E-state index in [1.807, 2.05) is 30.3 Å². The van der Waals surface area contributed by atoms with Gasteiger partial charge in [-0.15, -0.1) is 0 Å². The molecule has 0 saturated carbocycles. The minimum absolute atomic E-state index is 0.157. The number of fused-ring (bicyclic) bond motifs is 1. The van der Waals surface area contributed by atoms with Crippen molar-refractivity contribution >= 4 is 41.4 Å². The molecular weight excluding hydrogens is 292 g/mol. The van der Waals surface area contributed by atoms with Crippen LogP contribution in [0.15, 0.2) is 41.5 Å². The summed E-state index contributed by atoms with van der Waals surface area (Å²) in [7, 11) is 0. The number of hydrogen-bond acceptors (Lipinski definition) is 4. The van der Waals surface area contributed by atoms with E-state index in [-0.39, 0.29) is 5.75 Å². The average molecular weight is 302 g/mol. The third-order valence-electron chi connectivity index (χ3n) is 2.91. The van der Waals surface area contributed by atoms with Crippen molar-refractivity contribution in [2.24, 2.45) is 5.10 Å². The Morgan fingerprint density at radius 2 is 1.75 bits per heavy atom.